The molecule has 0 bridgehead atoms. The molecule has 0 N–H and O–H groups in total. The van der Waals surface area contributed by atoms with Gasteiger partial charge in [-0.15, -0.1) is 0 Å². The maximum absolute atomic E-state index is 13.0. The van der Waals surface area contributed by atoms with Gasteiger partial charge in [-0.3, -0.25) is 4.79 Å². The molecule has 0 aliphatic carbocycles. The number of aryl methyl sites for hydroxylation is 2. The molecule has 0 spiro atoms. The lowest BCUT2D eigenvalue weighted by Crippen LogP contribution is -2.07. The van der Waals surface area contributed by atoms with Crippen molar-refractivity contribution in [2.75, 3.05) is 0 Å². The highest BCUT2D eigenvalue weighted by molar-refractivity contribution is 6.16. The molecule has 6 nitrogen and oxygen atoms in total. The van der Waals surface area contributed by atoms with Gasteiger partial charge in [0.25, 0.3) is 0 Å². The fourth-order valence-corrected chi connectivity index (χ4v) is 3.88. The number of furan rings is 1. The molecule has 0 radical (unpaired) electrons. The summed E-state index contributed by atoms with van der Waals surface area (Å²) in [5, 5.41) is 1.05. The molecule has 2 aromatic carbocycles. The second kappa shape index (κ2) is 7.32. The third-order valence-electron chi connectivity index (χ3n) is 5.32. The lowest BCUT2D eigenvalue weighted by atomic mass is 10.0. The van der Waals surface area contributed by atoms with Crippen molar-refractivity contribution in [2.24, 2.45) is 0 Å². The number of carbonyl (C=O) groups is 2. The van der Waals surface area contributed by atoms with E-state index < -0.39 is 5.97 Å². The number of rotatable bonds is 4. The number of ketones is 1. The third kappa shape index (κ3) is 3.22. The summed E-state index contributed by atoms with van der Waals surface area (Å²) in [5.74, 6) is 0.197. The average molecular weight is 413 g/mol. The van der Waals surface area contributed by atoms with Gasteiger partial charge >= 0.3 is 5.97 Å². The Bertz CT molecular complexity index is 1360. The number of carbonyl (C=O) groups excluding carboxylic acids is 2. The van der Waals surface area contributed by atoms with Crippen molar-refractivity contribution in [2.45, 2.75) is 20.4 Å². The summed E-state index contributed by atoms with van der Waals surface area (Å²) in [5.41, 5.74) is 3.16. The minimum absolute atomic E-state index is 0.100. The predicted molar refractivity (Wildman–Crippen MR) is 115 cm³/mol. The topological polar surface area (TPSA) is 70.7 Å². The molecule has 0 saturated carbocycles. The van der Waals surface area contributed by atoms with Gasteiger partial charge in [0.15, 0.2) is 5.76 Å². The molecule has 154 valence electrons. The number of para-hydroxylation sites is 1. The second-order valence-corrected chi connectivity index (χ2v) is 7.31. The number of nitrogens with zero attached hydrogens (tertiary/aromatic N) is 1. The first-order chi connectivity index (χ1) is 15.0. The first-order valence-electron chi connectivity index (χ1n) is 9.97. The molecule has 0 unspecified atom stereocenters. The van der Waals surface area contributed by atoms with Crippen LogP contribution in [0.1, 0.15) is 39.0 Å². The van der Waals surface area contributed by atoms with Crippen molar-refractivity contribution in [1.82, 2.24) is 4.57 Å². The van der Waals surface area contributed by atoms with E-state index in [1.54, 1.807) is 31.2 Å². The Morgan fingerprint density at radius 2 is 2.00 bits per heavy atom. The fourth-order valence-electron chi connectivity index (χ4n) is 3.88. The highest BCUT2D eigenvalue weighted by Crippen LogP contribution is 2.38. The summed E-state index contributed by atoms with van der Waals surface area (Å²) < 4.78 is 18.5. The average Bonchev–Trinajstić information content (AvgIpc) is 3.47. The molecule has 5 rings (SSSR count). The van der Waals surface area contributed by atoms with E-state index in [2.05, 4.69) is 17.6 Å². The number of aromatic nitrogens is 1. The molecule has 3 heterocycles. The van der Waals surface area contributed by atoms with Crippen LogP contribution in [0.15, 0.2) is 71.2 Å². The summed E-state index contributed by atoms with van der Waals surface area (Å²) in [6.45, 7) is 4.68. The molecular formula is C25H19NO5. The Labute approximate surface area is 178 Å². The quantitative estimate of drug-likeness (QED) is 0.255. The van der Waals surface area contributed by atoms with Crippen LogP contribution in [0.3, 0.4) is 0 Å². The maximum atomic E-state index is 13.0. The monoisotopic (exact) mass is 413 g/mol. The van der Waals surface area contributed by atoms with Crippen LogP contribution in [0.5, 0.6) is 11.5 Å². The summed E-state index contributed by atoms with van der Waals surface area (Å²) in [4.78, 5) is 25.2. The zero-order chi connectivity index (χ0) is 21.5. The maximum Gasteiger partial charge on any atom is 0.379 e. The normalized spacial score (nSPS) is 14.1. The minimum atomic E-state index is -0.614. The molecule has 0 amide bonds. The number of ether oxygens (including phenoxy) is 2. The van der Waals surface area contributed by atoms with E-state index in [1.807, 2.05) is 24.4 Å². The van der Waals surface area contributed by atoms with E-state index in [1.165, 1.54) is 12.3 Å². The molecular weight excluding hydrogens is 394 g/mol. The standard InChI is InChI=1S/C25H19NO5/c1-3-26-14-16(18-7-4-5-8-19(18)26)12-22-24(27)23-15(2)11-17(13-21(23)31-22)30-25(28)20-9-6-10-29-20/h4-14H,3H2,1-2H3/b22-12-. The Balaban J connectivity index is 1.49. The second-order valence-electron chi connectivity index (χ2n) is 7.31. The number of hydrogen-bond donors (Lipinski definition) is 0. The van der Waals surface area contributed by atoms with Gasteiger partial charge in [0.2, 0.25) is 11.5 Å². The van der Waals surface area contributed by atoms with Crippen LogP contribution in [0.2, 0.25) is 0 Å². The van der Waals surface area contributed by atoms with Gasteiger partial charge in [-0.2, -0.15) is 0 Å². The smallest absolute Gasteiger partial charge is 0.379 e. The van der Waals surface area contributed by atoms with Gasteiger partial charge in [0.05, 0.1) is 11.8 Å². The van der Waals surface area contributed by atoms with E-state index >= 15 is 0 Å². The number of hydrogen-bond acceptors (Lipinski definition) is 5. The molecule has 0 fully saturated rings. The van der Waals surface area contributed by atoms with Gasteiger partial charge in [-0.25, -0.2) is 4.79 Å². The van der Waals surface area contributed by atoms with Gasteiger partial charge in [-0.05, 0) is 49.8 Å². The van der Waals surface area contributed by atoms with Gasteiger partial charge in [-0.1, -0.05) is 18.2 Å². The van der Waals surface area contributed by atoms with E-state index in [0.717, 1.165) is 23.0 Å². The molecule has 31 heavy (non-hydrogen) atoms. The summed E-state index contributed by atoms with van der Waals surface area (Å²) in [7, 11) is 0. The van der Waals surface area contributed by atoms with Crippen molar-refractivity contribution in [1.29, 1.82) is 0 Å². The fraction of sp³-hybridized carbons (Fsp3) is 0.120. The van der Waals surface area contributed by atoms with Crippen LogP contribution >= 0.6 is 0 Å². The number of allylic oxidation sites excluding steroid dienone is 1. The van der Waals surface area contributed by atoms with Crippen molar-refractivity contribution < 1.29 is 23.5 Å². The van der Waals surface area contributed by atoms with Crippen molar-refractivity contribution >= 4 is 28.7 Å². The largest absolute Gasteiger partial charge is 0.457 e. The first kappa shape index (κ1) is 18.9. The molecule has 1 aliphatic heterocycles. The molecule has 0 saturated heterocycles. The third-order valence-corrected chi connectivity index (χ3v) is 5.32. The predicted octanol–water partition coefficient (Wildman–Crippen LogP) is 5.40. The number of esters is 1. The van der Waals surface area contributed by atoms with Gasteiger partial charge in [0.1, 0.15) is 11.5 Å². The number of Topliss-reactive ketones (excluding diaryl/α,β-unsaturated/α-hetero) is 1. The van der Waals surface area contributed by atoms with Crippen molar-refractivity contribution in [3.05, 3.63) is 89.2 Å². The Hall–Kier alpha value is -4.06. The van der Waals surface area contributed by atoms with E-state index in [9.17, 15) is 9.59 Å². The minimum Gasteiger partial charge on any atom is -0.457 e. The van der Waals surface area contributed by atoms with Crippen LogP contribution in [0.25, 0.3) is 17.0 Å². The molecule has 1 aliphatic rings. The van der Waals surface area contributed by atoms with Crippen molar-refractivity contribution in [3.8, 4) is 11.5 Å². The lowest BCUT2D eigenvalue weighted by Gasteiger charge is -2.06. The summed E-state index contributed by atoms with van der Waals surface area (Å²) in [6.07, 6.45) is 5.18. The van der Waals surface area contributed by atoms with Crippen LogP contribution in [-0.4, -0.2) is 16.3 Å². The highest BCUT2D eigenvalue weighted by atomic mass is 16.5. The Kier molecular flexibility index (Phi) is 4.47. The van der Waals surface area contributed by atoms with Crippen molar-refractivity contribution in [3.63, 3.8) is 0 Å². The Morgan fingerprint density at radius 3 is 2.77 bits per heavy atom. The van der Waals surface area contributed by atoms with Gasteiger partial charge < -0.3 is 18.5 Å². The van der Waals surface area contributed by atoms with Crippen LogP contribution < -0.4 is 9.47 Å². The molecule has 0 atom stereocenters. The lowest BCUT2D eigenvalue weighted by molar-refractivity contribution is 0.0701. The summed E-state index contributed by atoms with van der Waals surface area (Å²) >= 11 is 0. The zero-order valence-corrected chi connectivity index (χ0v) is 17.0. The van der Waals surface area contributed by atoms with Crippen LogP contribution in [-0.2, 0) is 6.54 Å². The highest BCUT2D eigenvalue weighted by Gasteiger charge is 2.30. The van der Waals surface area contributed by atoms with Crippen LogP contribution in [0, 0.1) is 6.92 Å². The number of fused-ring (bicyclic) bond motifs is 2. The van der Waals surface area contributed by atoms with E-state index in [4.69, 9.17) is 13.9 Å². The zero-order valence-electron chi connectivity index (χ0n) is 17.0. The molecule has 2 aromatic heterocycles. The number of benzene rings is 2. The summed E-state index contributed by atoms with van der Waals surface area (Å²) in [6, 6.07) is 14.4. The molecule has 6 heteroatoms. The molecule has 4 aromatic rings. The first-order valence-corrected chi connectivity index (χ1v) is 9.97. The van der Waals surface area contributed by atoms with Crippen LogP contribution in [0.4, 0.5) is 0 Å². The SMILES string of the molecule is CCn1cc(/C=C2\Oc3cc(OC(=O)c4ccco4)cc(C)c3C2=O)c2ccccc21. The van der Waals surface area contributed by atoms with E-state index in [-0.39, 0.29) is 23.1 Å². The Morgan fingerprint density at radius 1 is 1.16 bits per heavy atom. The van der Waals surface area contributed by atoms with Gasteiger partial charge in [0, 0.05) is 35.3 Å². The van der Waals surface area contributed by atoms with E-state index in [0.29, 0.717) is 16.9 Å².